The Kier molecular flexibility index (Phi) is 4.22. The van der Waals surface area contributed by atoms with Gasteiger partial charge in [-0.1, -0.05) is 20.3 Å². The molecule has 5 nitrogen and oxygen atoms in total. The van der Waals surface area contributed by atoms with E-state index in [1.165, 1.54) is 20.0 Å². The quantitative estimate of drug-likeness (QED) is 0.912. The predicted octanol–water partition coefficient (Wildman–Crippen LogP) is 2.77. The Balaban J connectivity index is 2.08. The fraction of sp³-hybridized carbons (Fsp3) is 0.750. The second kappa shape index (κ2) is 5.69. The van der Waals surface area contributed by atoms with Gasteiger partial charge in [0.05, 0.1) is 7.11 Å². The molecule has 0 saturated heterocycles. The third-order valence-electron chi connectivity index (χ3n) is 3.84. The summed E-state index contributed by atoms with van der Waals surface area (Å²) in [4.78, 5) is 12.1. The Labute approximate surface area is 112 Å². The maximum Gasteiger partial charge on any atom is 0.322 e. The van der Waals surface area contributed by atoms with Crippen molar-refractivity contribution in [3.05, 3.63) is 5.28 Å². The first-order valence-electron chi connectivity index (χ1n) is 6.36. The van der Waals surface area contributed by atoms with Gasteiger partial charge in [-0.3, -0.25) is 0 Å². The van der Waals surface area contributed by atoms with E-state index in [0.717, 1.165) is 12.3 Å². The van der Waals surface area contributed by atoms with Crippen LogP contribution in [0.5, 0.6) is 6.01 Å². The standard InChI is InChI=1S/C12H19ClN4O/c1-4-8-5-6-9(7(8)2)14-11-15-10(13)16-12(17-11)18-3/h7-9H,4-6H2,1-3H3,(H,14,15,16,17). The molecule has 1 aliphatic rings. The number of halogens is 1. The van der Waals surface area contributed by atoms with Crippen molar-refractivity contribution in [3.8, 4) is 6.01 Å². The van der Waals surface area contributed by atoms with E-state index in [4.69, 9.17) is 16.3 Å². The first-order valence-corrected chi connectivity index (χ1v) is 6.74. The molecule has 0 radical (unpaired) electrons. The van der Waals surface area contributed by atoms with Gasteiger partial charge in [-0.2, -0.15) is 15.0 Å². The molecule has 3 unspecified atom stereocenters. The summed E-state index contributed by atoms with van der Waals surface area (Å²) in [6, 6.07) is 0.647. The van der Waals surface area contributed by atoms with Crippen LogP contribution in [0, 0.1) is 11.8 Å². The largest absolute Gasteiger partial charge is 0.467 e. The molecule has 1 N–H and O–H groups in total. The lowest BCUT2D eigenvalue weighted by molar-refractivity contribution is 0.376. The van der Waals surface area contributed by atoms with Crippen LogP contribution in [0.4, 0.5) is 5.95 Å². The lowest BCUT2D eigenvalue weighted by Crippen LogP contribution is -2.25. The Morgan fingerprint density at radius 1 is 1.33 bits per heavy atom. The summed E-state index contributed by atoms with van der Waals surface area (Å²) in [5.41, 5.74) is 0. The highest BCUT2D eigenvalue weighted by molar-refractivity contribution is 6.28. The summed E-state index contributed by atoms with van der Waals surface area (Å²) in [7, 11) is 1.51. The van der Waals surface area contributed by atoms with Crippen LogP contribution in [0.3, 0.4) is 0 Å². The lowest BCUT2D eigenvalue weighted by atomic mass is 9.94. The van der Waals surface area contributed by atoms with Crippen LogP contribution in [0.25, 0.3) is 0 Å². The summed E-state index contributed by atoms with van der Waals surface area (Å²) in [5, 5.41) is 3.50. The van der Waals surface area contributed by atoms with Crippen molar-refractivity contribution in [2.75, 3.05) is 12.4 Å². The highest BCUT2D eigenvalue weighted by Gasteiger charge is 2.31. The molecular weight excluding hydrogens is 252 g/mol. The Morgan fingerprint density at radius 3 is 2.72 bits per heavy atom. The summed E-state index contributed by atoms with van der Waals surface area (Å²) in [6.45, 7) is 4.52. The molecule has 0 amide bonds. The fourth-order valence-corrected chi connectivity index (χ4v) is 2.83. The maximum atomic E-state index is 5.82. The molecule has 0 aliphatic heterocycles. The Hall–Kier alpha value is -1.10. The second-order valence-corrected chi connectivity index (χ2v) is 5.11. The SMILES string of the molecule is CCC1CCC(Nc2nc(Cl)nc(OC)n2)C1C. The van der Waals surface area contributed by atoms with Gasteiger partial charge >= 0.3 is 6.01 Å². The highest BCUT2D eigenvalue weighted by Crippen LogP contribution is 2.35. The molecule has 6 heteroatoms. The van der Waals surface area contributed by atoms with E-state index < -0.39 is 0 Å². The van der Waals surface area contributed by atoms with Gasteiger partial charge < -0.3 is 10.1 Å². The molecule has 3 atom stereocenters. The Bertz CT molecular complexity index is 415. The van der Waals surface area contributed by atoms with Crippen molar-refractivity contribution in [2.24, 2.45) is 11.8 Å². The first kappa shape index (κ1) is 13.3. The molecular formula is C12H19ClN4O. The van der Waals surface area contributed by atoms with Gasteiger partial charge in [0, 0.05) is 6.04 Å². The van der Waals surface area contributed by atoms with Gasteiger partial charge in [-0.15, -0.1) is 0 Å². The molecule has 1 heterocycles. The van der Waals surface area contributed by atoms with E-state index in [-0.39, 0.29) is 11.3 Å². The van der Waals surface area contributed by atoms with Crippen molar-refractivity contribution in [1.29, 1.82) is 0 Å². The molecule has 18 heavy (non-hydrogen) atoms. The smallest absolute Gasteiger partial charge is 0.322 e. The second-order valence-electron chi connectivity index (χ2n) is 4.77. The van der Waals surface area contributed by atoms with E-state index in [9.17, 15) is 0 Å². The molecule has 1 saturated carbocycles. The number of hydrogen-bond donors (Lipinski definition) is 1. The average molecular weight is 271 g/mol. The molecule has 2 rings (SSSR count). The van der Waals surface area contributed by atoms with Crippen molar-refractivity contribution in [2.45, 2.75) is 39.2 Å². The topological polar surface area (TPSA) is 59.9 Å². The van der Waals surface area contributed by atoms with Crippen LogP contribution in [-0.2, 0) is 0 Å². The van der Waals surface area contributed by atoms with Gasteiger partial charge in [0.2, 0.25) is 11.2 Å². The van der Waals surface area contributed by atoms with Gasteiger partial charge in [0.25, 0.3) is 0 Å². The molecule has 0 aromatic carbocycles. The number of hydrogen-bond acceptors (Lipinski definition) is 5. The van der Waals surface area contributed by atoms with Crippen LogP contribution >= 0.6 is 11.6 Å². The zero-order valence-electron chi connectivity index (χ0n) is 11.0. The fourth-order valence-electron chi connectivity index (χ4n) is 2.68. The number of nitrogens with zero attached hydrogens (tertiary/aromatic N) is 3. The van der Waals surface area contributed by atoms with Crippen LogP contribution in [0.15, 0.2) is 0 Å². The summed E-state index contributed by atoms with van der Waals surface area (Å²) >= 11 is 5.82. The van der Waals surface area contributed by atoms with E-state index in [2.05, 4.69) is 34.1 Å². The molecule has 1 aliphatic carbocycles. The highest BCUT2D eigenvalue weighted by atomic mass is 35.5. The number of aromatic nitrogens is 3. The number of ether oxygens (including phenoxy) is 1. The third-order valence-corrected chi connectivity index (χ3v) is 4.00. The van der Waals surface area contributed by atoms with Crippen LogP contribution < -0.4 is 10.1 Å². The van der Waals surface area contributed by atoms with Gasteiger partial charge in [-0.05, 0) is 36.3 Å². The normalized spacial score (nSPS) is 27.2. The molecule has 1 aromatic rings. The van der Waals surface area contributed by atoms with Gasteiger partial charge in [0.1, 0.15) is 0 Å². The minimum absolute atomic E-state index is 0.155. The van der Waals surface area contributed by atoms with Crippen molar-refractivity contribution >= 4 is 17.5 Å². The Morgan fingerprint density at radius 2 is 2.11 bits per heavy atom. The van der Waals surface area contributed by atoms with Crippen molar-refractivity contribution < 1.29 is 4.74 Å². The zero-order valence-corrected chi connectivity index (χ0v) is 11.7. The van der Waals surface area contributed by atoms with Crippen molar-refractivity contribution in [1.82, 2.24) is 15.0 Å². The molecule has 1 aromatic heterocycles. The van der Waals surface area contributed by atoms with Crippen molar-refractivity contribution in [3.63, 3.8) is 0 Å². The molecule has 100 valence electrons. The minimum atomic E-state index is 0.155. The summed E-state index contributed by atoms with van der Waals surface area (Å²) in [5.74, 6) is 1.90. The van der Waals surface area contributed by atoms with Crippen LogP contribution in [0.1, 0.15) is 33.1 Å². The molecule has 0 bridgehead atoms. The number of rotatable bonds is 4. The first-order chi connectivity index (χ1) is 8.63. The van der Waals surface area contributed by atoms with Gasteiger partial charge in [0.15, 0.2) is 0 Å². The number of nitrogens with one attached hydrogen (secondary N) is 1. The zero-order chi connectivity index (χ0) is 13.1. The summed E-state index contributed by atoms with van der Waals surface area (Å²) in [6.07, 6.45) is 3.62. The monoisotopic (exact) mass is 270 g/mol. The minimum Gasteiger partial charge on any atom is -0.467 e. The van der Waals surface area contributed by atoms with E-state index in [0.29, 0.717) is 17.9 Å². The number of anilines is 1. The lowest BCUT2D eigenvalue weighted by Gasteiger charge is -2.20. The predicted molar refractivity (Wildman–Crippen MR) is 71.0 cm³/mol. The maximum absolute atomic E-state index is 5.82. The number of methoxy groups -OCH3 is 1. The van der Waals surface area contributed by atoms with Crippen LogP contribution in [0.2, 0.25) is 5.28 Å². The average Bonchev–Trinajstić information content (AvgIpc) is 2.70. The molecule has 0 spiro atoms. The third kappa shape index (κ3) is 2.83. The molecule has 1 fully saturated rings. The van der Waals surface area contributed by atoms with Crippen LogP contribution in [-0.4, -0.2) is 28.1 Å². The van der Waals surface area contributed by atoms with E-state index in [1.807, 2.05) is 0 Å². The van der Waals surface area contributed by atoms with E-state index in [1.54, 1.807) is 0 Å². The summed E-state index contributed by atoms with van der Waals surface area (Å²) < 4.78 is 4.98. The van der Waals surface area contributed by atoms with E-state index >= 15 is 0 Å². The van der Waals surface area contributed by atoms with Gasteiger partial charge in [-0.25, -0.2) is 0 Å².